The number of carboxylic acids is 1. The molecule has 4 atom stereocenters. The fourth-order valence-electron chi connectivity index (χ4n) is 2.98. The van der Waals surface area contributed by atoms with Crippen molar-refractivity contribution >= 4 is 18.0 Å². The minimum atomic E-state index is -1.04. The normalized spacial score (nSPS) is 30.3. The molecule has 1 aromatic heterocycles. The fraction of sp³-hybridized carbons (Fsp3) is 0.500. The highest BCUT2D eigenvalue weighted by Gasteiger charge is 2.51. The molecule has 2 N–H and O–H groups in total. The molecule has 0 spiro atoms. The van der Waals surface area contributed by atoms with Crippen molar-refractivity contribution < 1.29 is 19.1 Å². The third-order valence-electron chi connectivity index (χ3n) is 4.50. The Morgan fingerprint density at radius 3 is 2.81 bits per heavy atom. The van der Waals surface area contributed by atoms with E-state index in [4.69, 9.17) is 9.52 Å². The molecule has 3 rings (SSSR count). The second-order valence-corrected chi connectivity index (χ2v) is 6.16. The van der Waals surface area contributed by atoms with Crippen LogP contribution in [0.4, 0.5) is 0 Å². The van der Waals surface area contributed by atoms with E-state index in [1.165, 1.54) is 31.1 Å². The van der Waals surface area contributed by atoms with Crippen LogP contribution in [0, 0.1) is 23.7 Å². The van der Waals surface area contributed by atoms with Gasteiger partial charge in [-0.05, 0) is 48.7 Å². The first kappa shape index (κ1) is 13.9. The number of hydrogen-bond donors (Lipinski definition) is 2. The second-order valence-electron chi connectivity index (χ2n) is 6.16. The summed E-state index contributed by atoms with van der Waals surface area (Å²) in [5, 5.41) is 11.6. The predicted octanol–water partition coefficient (Wildman–Crippen LogP) is 2.40. The minimum absolute atomic E-state index is 0.0782. The Morgan fingerprint density at radius 2 is 2.19 bits per heavy atom. The number of carbonyl (C=O) groups excluding carboxylic acids is 1. The molecule has 0 aromatic carbocycles. The quantitative estimate of drug-likeness (QED) is 0.788. The second kappa shape index (κ2) is 5.39. The molecule has 1 aromatic rings. The molecule has 2 aliphatic rings. The van der Waals surface area contributed by atoms with Gasteiger partial charge in [-0.1, -0.05) is 6.92 Å². The molecule has 1 amide bonds. The summed E-state index contributed by atoms with van der Waals surface area (Å²) < 4.78 is 5.04. The lowest BCUT2D eigenvalue weighted by molar-refractivity contribution is -0.116. The maximum absolute atomic E-state index is 11.7. The molecule has 2 aliphatic carbocycles. The van der Waals surface area contributed by atoms with Crippen molar-refractivity contribution in [3.05, 3.63) is 29.7 Å². The first-order valence-corrected chi connectivity index (χ1v) is 7.32. The molecular weight excluding hydrogens is 270 g/mol. The van der Waals surface area contributed by atoms with Crippen LogP contribution in [-0.2, 0) is 4.79 Å². The van der Waals surface area contributed by atoms with Gasteiger partial charge in [-0.25, -0.2) is 4.79 Å². The number of amides is 1. The summed E-state index contributed by atoms with van der Waals surface area (Å²) in [6, 6.07) is 1.39. The van der Waals surface area contributed by atoms with Gasteiger partial charge in [0.2, 0.25) is 5.91 Å². The number of hydrogen-bond acceptors (Lipinski definition) is 3. The minimum Gasteiger partial charge on any atom is -0.478 e. The standard InChI is InChI=1S/C16H19NO4/c1-9-4-13(9)14-6-10(14)7-17-15(18)3-2-12-5-11(8-21-12)16(19)20/h2-3,5,8-10,13-14H,4,6-7H2,1H3,(H,17,18)(H,19,20)/b3-2+. The SMILES string of the molecule is CC1CC1C1CC1CNC(=O)/C=C/c1cc(C(=O)O)co1. The van der Waals surface area contributed by atoms with Gasteiger partial charge in [-0.2, -0.15) is 0 Å². The summed E-state index contributed by atoms with van der Waals surface area (Å²) in [7, 11) is 0. The summed E-state index contributed by atoms with van der Waals surface area (Å²) in [5.41, 5.74) is 0.0782. The third-order valence-corrected chi connectivity index (χ3v) is 4.50. The number of aromatic carboxylic acids is 1. The number of rotatable bonds is 6. The zero-order valence-electron chi connectivity index (χ0n) is 11.9. The van der Waals surface area contributed by atoms with Crippen molar-refractivity contribution in [2.24, 2.45) is 23.7 Å². The molecule has 0 aliphatic heterocycles. The molecule has 0 bridgehead atoms. The highest BCUT2D eigenvalue weighted by molar-refractivity contribution is 5.92. The highest BCUT2D eigenvalue weighted by Crippen LogP contribution is 2.57. The lowest BCUT2D eigenvalue weighted by Crippen LogP contribution is -2.23. The Bertz CT molecular complexity index is 589. The highest BCUT2D eigenvalue weighted by atomic mass is 16.4. The Morgan fingerprint density at radius 1 is 1.43 bits per heavy atom. The van der Waals surface area contributed by atoms with E-state index in [9.17, 15) is 9.59 Å². The number of nitrogens with one attached hydrogen (secondary N) is 1. The van der Waals surface area contributed by atoms with E-state index in [0.29, 0.717) is 11.7 Å². The van der Waals surface area contributed by atoms with E-state index in [0.717, 1.165) is 30.6 Å². The molecule has 0 saturated heterocycles. The molecule has 0 radical (unpaired) electrons. The van der Waals surface area contributed by atoms with Crippen LogP contribution in [0.2, 0.25) is 0 Å². The molecule has 4 unspecified atom stereocenters. The van der Waals surface area contributed by atoms with Gasteiger partial charge in [-0.15, -0.1) is 0 Å². The smallest absolute Gasteiger partial charge is 0.338 e. The first-order valence-electron chi connectivity index (χ1n) is 7.32. The molecule has 5 heteroatoms. The molecule has 2 fully saturated rings. The van der Waals surface area contributed by atoms with Crippen LogP contribution < -0.4 is 5.32 Å². The van der Waals surface area contributed by atoms with Crippen molar-refractivity contribution in [2.75, 3.05) is 6.54 Å². The fourth-order valence-corrected chi connectivity index (χ4v) is 2.98. The van der Waals surface area contributed by atoms with E-state index in [-0.39, 0.29) is 11.5 Å². The van der Waals surface area contributed by atoms with Gasteiger partial charge in [0.1, 0.15) is 12.0 Å². The average molecular weight is 289 g/mol. The summed E-state index contributed by atoms with van der Waals surface area (Å²) >= 11 is 0. The van der Waals surface area contributed by atoms with E-state index >= 15 is 0 Å². The summed E-state index contributed by atoms with van der Waals surface area (Å²) in [6.07, 6.45) is 6.60. The average Bonchev–Trinajstić information content (AvgIpc) is 3.31. The number of carboxylic acid groups (broad SMARTS) is 1. The van der Waals surface area contributed by atoms with Crippen LogP contribution in [0.1, 0.15) is 35.9 Å². The van der Waals surface area contributed by atoms with Crippen molar-refractivity contribution in [3.8, 4) is 0 Å². The monoisotopic (exact) mass is 289 g/mol. The zero-order chi connectivity index (χ0) is 15.0. The summed E-state index contributed by atoms with van der Waals surface area (Å²) in [6.45, 7) is 3.02. The maximum Gasteiger partial charge on any atom is 0.338 e. The van der Waals surface area contributed by atoms with E-state index in [1.807, 2.05) is 0 Å². The van der Waals surface area contributed by atoms with Crippen LogP contribution in [0.25, 0.3) is 6.08 Å². The van der Waals surface area contributed by atoms with Crippen molar-refractivity contribution in [1.29, 1.82) is 0 Å². The summed E-state index contributed by atoms with van der Waals surface area (Å²) in [4.78, 5) is 22.4. The van der Waals surface area contributed by atoms with Gasteiger partial charge >= 0.3 is 5.97 Å². The van der Waals surface area contributed by atoms with Crippen LogP contribution in [0.3, 0.4) is 0 Å². The van der Waals surface area contributed by atoms with Crippen LogP contribution in [0.15, 0.2) is 22.8 Å². The Kier molecular flexibility index (Phi) is 3.57. The topological polar surface area (TPSA) is 79.5 Å². The van der Waals surface area contributed by atoms with Crippen molar-refractivity contribution in [1.82, 2.24) is 5.32 Å². The maximum atomic E-state index is 11.7. The molecule has 5 nitrogen and oxygen atoms in total. The van der Waals surface area contributed by atoms with Gasteiger partial charge < -0.3 is 14.8 Å². The molecule has 21 heavy (non-hydrogen) atoms. The predicted molar refractivity (Wildman–Crippen MR) is 76.6 cm³/mol. The van der Waals surface area contributed by atoms with Gasteiger partial charge in [0.25, 0.3) is 0 Å². The molecule has 112 valence electrons. The molecule has 2 saturated carbocycles. The first-order chi connectivity index (χ1) is 10.0. The van der Waals surface area contributed by atoms with Crippen LogP contribution in [0.5, 0.6) is 0 Å². The van der Waals surface area contributed by atoms with Gasteiger partial charge in [0.15, 0.2) is 0 Å². The van der Waals surface area contributed by atoms with Gasteiger partial charge in [0, 0.05) is 12.6 Å². The number of furan rings is 1. The summed E-state index contributed by atoms with van der Waals surface area (Å²) in [5.74, 6) is 2.36. The van der Waals surface area contributed by atoms with Crippen LogP contribution in [-0.4, -0.2) is 23.5 Å². The number of carbonyl (C=O) groups is 2. The lowest BCUT2D eigenvalue weighted by atomic mass is 10.2. The largest absolute Gasteiger partial charge is 0.478 e. The van der Waals surface area contributed by atoms with Gasteiger partial charge in [-0.3, -0.25) is 4.79 Å². The Balaban J connectivity index is 1.41. The van der Waals surface area contributed by atoms with Crippen molar-refractivity contribution in [2.45, 2.75) is 19.8 Å². The Hall–Kier alpha value is -2.04. The van der Waals surface area contributed by atoms with E-state index in [1.54, 1.807) is 0 Å². The van der Waals surface area contributed by atoms with Gasteiger partial charge in [0.05, 0.1) is 5.56 Å². The third kappa shape index (κ3) is 3.35. The van der Waals surface area contributed by atoms with E-state index < -0.39 is 5.97 Å². The molecule has 1 heterocycles. The van der Waals surface area contributed by atoms with Crippen LogP contribution >= 0.6 is 0 Å². The van der Waals surface area contributed by atoms with Crippen molar-refractivity contribution in [3.63, 3.8) is 0 Å². The molecular formula is C16H19NO4. The lowest BCUT2D eigenvalue weighted by Gasteiger charge is -2.00. The zero-order valence-corrected chi connectivity index (χ0v) is 11.9. The Labute approximate surface area is 123 Å². The van der Waals surface area contributed by atoms with E-state index in [2.05, 4.69) is 12.2 Å².